The summed E-state index contributed by atoms with van der Waals surface area (Å²) in [6, 6.07) is 12.0. The Balaban J connectivity index is 1.45. The van der Waals surface area contributed by atoms with E-state index in [9.17, 15) is 0 Å². The predicted octanol–water partition coefficient (Wildman–Crippen LogP) is 2.91. The van der Waals surface area contributed by atoms with E-state index in [1.54, 1.807) is 0 Å². The van der Waals surface area contributed by atoms with Crippen LogP contribution in [0.5, 0.6) is 0 Å². The maximum atomic E-state index is 5.06. The summed E-state index contributed by atoms with van der Waals surface area (Å²) in [4.78, 5) is 9.28. The van der Waals surface area contributed by atoms with Gasteiger partial charge in [0.2, 0.25) is 5.89 Å². The fourth-order valence-corrected chi connectivity index (χ4v) is 3.49. The highest BCUT2D eigenvalue weighted by molar-refractivity contribution is 5.14. The molecule has 1 aromatic heterocycles. The number of rotatable bonds is 7. The predicted molar refractivity (Wildman–Crippen MR) is 94.7 cm³/mol. The lowest BCUT2D eigenvalue weighted by Gasteiger charge is -2.27. The summed E-state index contributed by atoms with van der Waals surface area (Å²) in [5.74, 6) is 1.42. The van der Waals surface area contributed by atoms with Gasteiger partial charge in [0, 0.05) is 32.1 Å². The van der Waals surface area contributed by atoms with Gasteiger partial charge in [-0.2, -0.15) is 4.98 Å². The van der Waals surface area contributed by atoms with Gasteiger partial charge in [-0.3, -0.25) is 9.80 Å². The smallest absolute Gasteiger partial charge is 0.223 e. The Kier molecular flexibility index (Phi) is 5.63. The molecule has 5 nitrogen and oxygen atoms in total. The normalized spacial score (nSPS) is 19.9. The van der Waals surface area contributed by atoms with E-state index >= 15 is 0 Å². The fourth-order valence-electron chi connectivity index (χ4n) is 3.49. The molecule has 1 aliphatic rings. The molecule has 0 aliphatic carbocycles. The number of likely N-dealkylation sites (tertiary alicyclic amines) is 1. The molecule has 0 spiro atoms. The monoisotopic (exact) mass is 328 g/mol. The van der Waals surface area contributed by atoms with Gasteiger partial charge in [-0.05, 0) is 38.8 Å². The molecule has 0 bridgehead atoms. The van der Waals surface area contributed by atoms with Crippen molar-refractivity contribution in [3.05, 3.63) is 47.6 Å². The van der Waals surface area contributed by atoms with Crippen LogP contribution < -0.4 is 0 Å². The Morgan fingerprint density at radius 1 is 1.33 bits per heavy atom. The molecule has 0 N–H and O–H groups in total. The lowest BCUT2D eigenvalue weighted by Crippen LogP contribution is -2.37. The van der Waals surface area contributed by atoms with E-state index in [0.29, 0.717) is 18.0 Å². The van der Waals surface area contributed by atoms with Gasteiger partial charge in [0.1, 0.15) is 0 Å². The number of hydrogen-bond acceptors (Lipinski definition) is 5. The first-order valence-corrected chi connectivity index (χ1v) is 8.89. The van der Waals surface area contributed by atoms with Gasteiger partial charge in [-0.25, -0.2) is 0 Å². The first kappa shape index (κ1) is 17.1. The Hall–Kier alpha value is -1.72. The maximum Gasteiger partial charge on any atom is 0.223 e. The Bertz CT molecular complexity index is 627. The van der Waals surface area contributed by atoms with Crippen molar-refractivity contribution in [2.45, 2.75) is 51.7 Å². The molecular formula is C19H28N4O. The van der Waals surface area contributed by atoms with Crippen molar-refractivity contribution in [2.75, 3.05) is 20.1 Å². The SMILES string of the molecule is Cc1nc(CN(C)[C@H]2CCN([C@H](C)CCc3ccccc3)C2)no1. The van der Waals surface area contributed by atoms with E-state index < -0.39 is 0 Å². The summed E-state index contributed by atoms with van der Waals surface area (Å²) in [6.45, 7) is 7.25. The van der Waals surface area contributed by atoms with Crippen molar-refractivity contribution in [1.82, 2.24) is 19.9 Å². The topological polar surface area (TPSA) is 45.4 Å². The van der Waals surface area contributed by atoms with Gasteiger partial charge in [0.15, 0.2) is 5.82 Å². The lowest BCUT2D eigenvalue weighted by atomic mass is 10.1. The van der Waals surface area contributed by atoms with Gasteiger partial charge >= 0.3 is 0 Å². The zero-order chi connectivity index (χ0) is 16.9. The lowest BCUT2D eigenvalue weighted by molar-refractivity contribution is 0.194. The molecule has 130 valence electrons. The Morgan fingerprint density at radius 3 is 2.83 bits per heavy atom. The van der Waals surface area contributed by atoms with Crippen LogP contribution in [0, 0.1) is 6.92 Å². The average molecular weight is 328 g/mol. The molecule has 1 aromatic carbocycles. The van der Waals surface area contributed by atoms with E-state index in [1.807, 2.05) is 6.92 Å². The summed E-state index contributed by atoms with van der Waals surface area (Å²) in [5.41, 5.74) is 1.43. The summed E-state index contributed by atoms with van der Waals surface area (Å²) >= 11 is 0. The van der Waals surface area contributed by atoms with Crippen molar-refractivity contribution in [1.29, 1.82) is 0 Å². The second kappa shape index (κ2) is 7.90. The van der Waals surface area contributed by atoms with Crippen LogP contribution in [-0.2, 0) is 13.0 Å². The summed E-state index contributed by atoms with van der Waals surface area (Å²) in [7, 11) is 2.16. The highest BCUT2D eigenvalue weighted by atomic mass is 16.5. The van der Waals surface area contributed by atoms with E-state index in [2.05, 4.69) is 64.2 Å². The minimum atomic E-state index is 0.572. The highest BCUT2D eigenvalue weighted by Crippen LogP contribution is 2.20. The second-order valence-corrected chi connectivity index (χ2v) is 6.96. The molecule has 0 amide bonds. The van der Waals surface area contributed by atoms with Gasteiger partial charge in [0.25, 0.3) is 0 Å². The maximum absolute atomic E-state index is 5.06. The average Bonchev–Trinajstić information content (AvgIpc) is 3.23. The molecule has 0 unspecified atom stereocenters. The zero-order valence-electron chi connectivity index (χ0n) is 15.0. The first-order chi connectivity index (χ1) is 11.6. The summed E-state index contributed by atoms with van der Waals surface area (Å²) in [5, 5.41) is 4.00. The van der Waals surface area contributed by atoms with Crippen LogP contribution in [0.25, 0.3) is 0 Å². The summed E-state index contributed by atoms with van der Waals surface area (Å²) in [6.07, 6.45) is 3.58. The van der Waals surface area contributed by atoms with Crippen LogP contribution >= 0.6 is 0 Å². The van der Waals surface area contributed by atoms with Crippen LogP contribution in [0.4, 0.5) is 0 Å². The molecule has 5 heteroatoms. The Morgan fingerprint density at radius 2 is 2.12 bits per heavy atom. The van der Waals surface area contributed by atoms with Gasteiger partial charge in [-0.1, -0.05) is 35.5 Å². The van der Waals surface area contributed by atoms with E-state index in [4.69, 9.17) is 4.52 Å². The van der Waals surface area contributed by atoms with Crippen LogP contribution in [0.2, 0.25) is 0 Å². The van der Waals surface area contributed by atoms with Gasteiger partial charge < -0.3 is 4.52 Å². The molecule has 2 aromatic rings. The third-order valence-electron chi connectivity index (χ3n) is 5.10. The summed E-state index contributed by atoms with van der Waals surface area (Å²) < 4.78 is 5.06. The molecule has 1 aliphatic heterocycles. The van der Waals surface area contributed by atoms with Crippen molar-refractivity contribution in [2.24, 2.45) is 0 Å². The van der Waals surface area contributed by atoms with Gasteiger partial charge in [-0.15, -0.1) is 0 Å². The number of benzene rings is 1. The fraction of sp³-hybridized carbons (Fsp3) is 0.579. The van der Waals surface area contributed by atoms with Crippen molar-refractivity contribution in [3.8, 4) is 0 Å². The molecule has 2 atom stereocenters. The van der Waals surface area contributed by atoms with E-state index in [-0.39, 0.29) is 0 Å². The molecule has 2 heterocycles. The van der Waals surface area contributed by atoms with Crippen LogP contribution in [0.15, 0.2) is 34.9 Å². The molecule has 0 radical (unpaired) electrons. The number of nitrogens with zero attached hydrogens (tertiary/aromatic N) is 4. The minimum absolute atomic E-state index is 0.572. The molecular weight excluding hydrogens is 300 g/mol. The van der Waals surface area contributed by atoms with Crippen molar-refractivity contribution >= 4 is 0 Å². The number of hydrogen-bond donors (Lipinski definition) is 0. The van der Waals surface area contributed by atoms with Gasteiger partial charge in [0.05, 0.1) is 6.54 Å². The molecule has 24 heavy (non-hydrogen) atoms. The van der Waals surface area contributed by atoms with Crippen molar-refractivity contribution < 1.29 is 4.52 Å². The van der Waals surface area contributed by atoms with Crippen LogP contribution in [0.3, 0.4) is 0 Å². The van der Waals surface area contributed by atoms with Crippen LogP contribution in [0.1, 0.15) is 37.0 Å². The number of likely N-dealkylation sites (N-methyl/N-ethyl adjacent to an activating group) is 1. The van der Waals surface area contributed by atoms with Crippen molar-refractivity contribution in [3.63, 3.8) is 0 Å². The standard InChI is InChI=1S/C19H28N4O/c1-15(9-10-17-7-5-4-6-8-17)23-12-11-18(13-23)22(3)14-19-20-16(2)24-21-19/h4-8,15,18H,9-14H2,1-3H3/t15-,18+/m1/s1. The second-order valence-electron chi connectivity index (χ2n) is 6.96. The molecule has 3 rings (SSSR count). The third-order valence-corrected chi connectivity index (χ3v) is 5.10. The first-order valence-electron chi connectivity index (χ1n) is 8.89. The molecule has 1 saturated heterocycles. The third kappa shape index (κ3) is 4.42. The number of aromatic nitrogens is 2. The number of aryl methyl sites for hydroxylation is 2. The van der Waals surface area contributed by atoms with E-state index in [1.165, 1.54) is 24.9 Å². The van der Waals surface area contributed by atoms with Crippen LogP contribution in [-0.4, -0.2) is 52.2 Å². The largest absolute Gasteiger partial charge is 0.340 e. The van der Waals surface area contributed by atoms with E-state index in [0.717, 1.165) is 25.3 Å². The quantitative estimate of drug-likeness (QED) is 0.782. The zero-order valence-corrected chi connectivity index (χ0v) is 15.0. The highest BCUT2D eigenvalue weighted by Gasteiger charge is 2.28. The minimum Gasteiger partial charge on any atom is -0.340 e. The Labute approximate surface area is 144 Å². The molecule has 1 fully saturated rings. The molecule has 0 saturated carbocycles.